The molecule has 2 atom stereocenters. The summed E-state index contributed by atoms with van der Waals surface area (Å²) in [5, 5.41) is 3.35. The third-order valence-electron chi connectivity index (χ3n) is 3.88. The molecule has 0 aliphatic carbocycles. The molecule has 2 unspecified atom stereocenters. The minimum absolute atomic E-state index is 0.551. The van der Waals surface area contributed by atoms with Crippen LogP contribution in [0.3, 0.4) is 0 Å². The monoisotopic (exact) mass is 310 g/mol. The highest BCUT2D eigenvalue weighted by atomic mass is 79.9. The second-order valence-electron chi connectivity index (χ2n) is 5.52. The molecule has 0 radical (unpaired) electrons. The van der Waals surface area contributed by atoms with E-state index in [1.54, 1.807) is 0 Å². The summed E-state index contributed by atoms with van der Waals surface area (Å²) in [5.74, 6) is 0. The number of rotatable bonds is 4. The van der Waals surface area contributed by atoms with Gasteiger partial charge >= 0.3 is 0 Å². The quantitative estimate of drug-likeness (QED) is 0.914. The molecule has 0 aromatic heterocycles. The lowest BCUT2D eigenvalue weighted by molar-refractivity contribution is 0.460. The zero-order valence-corrected chi connectivity index (χ0v) is 13.3. The molecule has 100 valence electrons. The summed E-state index contributed by atoms with van der Waals surface area (Å²) in [6, 6.07) is 8.27. The summed E-state index contributed by atoms with van der Waals surface area (Å²) < 4.78 is 1.25. The lowest BCUT2D eigenvalue weighted by Crippen LogP contribution is -2.41. The normalized spacial score (nSPS) is 20.3. The molecule has 0 spiro atoms. The van der Waals surface area contributed by atoms with E-state index in [4.69, 9.17) is 0 Å². The topological polar surface area (TPSA) is 15.3 Å². The lowest BCUT2D eigenvalue weighted by atomic mass is 10.0. The van der Waals surface area contributed by atoms with Crippen LogP contribution in [0.5, 0.6) is 0 Å². The number of halogens is 1. The Hall–Kier alpha value is -0.540. The van der Waals surface area contributed by atoms with Crippen molar-refractivity contribution in [1.82, 2.24) is 5.32 Å². The molecular weight excluding hydrogens is 288 g/mol. The smallest absolute Gasteiger partial charge is 0.0415 e. The van der Waals surface area contributed by atoms with Crippen molar-refractivity contribution in [3.05, 3.63) is 28.2 Å². The third-order valence-corrected chi connectivity index (χ3v) is 4.62. The highest BCUT2D eigenvalue weighted by molar-refractivity contribution is 9.10. The van der Waals surface area contributed by atoms with Crippen molar-refractivity contribution in [2.45, 2.75) is 51.7 Å². The zero-order chi connectivity index (χ0) is 13.3. The number of benzene rings is 1. The molecule has 1 aliphatic rings. The SMILES string of the molecule is CNC(C)CC1Cc2c(Br)cccc2N1C(C)C. The molecule has 0 saturated heterocycles. The van der Waals surface area contributed by atoms with Gasteiger partial charge in [0, 0.05) is 28.3 Å². The van der Waals surface area contributed by atoms with Gasteiger partial charge in [0.05, 0.1) is 0 Å². The van der Waals surface area contributed by atoms with E-state index < -0.39 is 0 Å². The fraction of sp³-hybridized carbons (Fsp3) is 0.600. The molecule has 3 heteroatoms. The first kappa shape index (κ1) is 13.9. The maximum atomic E-state index is 3.69. The molecule has 2 nitrogen and oxygen atoms in total. The van der Waals surface area contributed by atoms with Crippen LogP contribution in [-0.2, 0) is 6.42 Å². The molecule has 18 heavy (non-hydrogen) atoms. The summed E-state index contributed by atoms with van der Waals surface area (Å²) in [4.78, 5) is 2.58. The molecule has 0 fully saturated rings. The maximum absolute atomic E-state index is 3.69. The average Bonchev–Trinajstić information content (AvgIpc) is 2.68. The maximum Gasteiger partial charge on any atom is 0.0415 e. The van der Waals surface area contributed by atoms with Crippen LogP contribution < -0.4 is 10.2 Å². The average molecular weight is 311 g/mol. The summed E-state index contributed by atoms with van der Waals surface area (Å²) in [6.07, 6.45) is 2.34. The molecule has 0 amide bonds. The van der Waals surface area contributed by atoms with Crippen LogP contribution in [0.2, 0.25) is 0 Å². The Morgan fingerprint density at radius 3 is 2.72 bits per heavy atom. The summed E-state index contributed by atoms with van der Waals surface area (Å²) in [7, 11) is 2.04. The minimum Gasteiger partial charge on any atom is -0.365 e. The van der Waals surface area contributed by atoms with Crippen molar-refractivity contribution in [2.24, 2.45) is 0 Å². The molecule has 2 rings (SSSR count). The number of nitrogens with one attached hydrogen (secondary N) is 1. The molecular formula is C15H23BrN2. The predicted molar refractivity (Wildman–Crippen MR) is 82.4 cm³/mol. The van der Waals surface area contributed by atoms with E-state index in [1.807, 2.05) is 7.05 Å². The molecule has 1 aliphatic heterocycles. The van der Waals surface area contributed by atoms with E-state index >= 15 is 0 Å². The first-order chi connectivity index (χ1) is 8.54. The van der Waals surface area contributed by atoms with Crippen molar-refractivity contribution in [2.75, 3.05) is 11.9 Å². The second kappa shape index (κ2) is 5.62. The van der Waals surface area contributed by atoms with E-state index in [-0.39, 0.29) is 0 Å². The van der Waals surface area contributed by atoms with Crippen molar-refractivity contribution in [3.8, 4) is 0 Å². The van der Waals surface area contributed by atoms with Crippen LogP contribution in [0, 0.1) is 0 Å². The molecule has 0 bridgehead atoms. The van der Waals surface area contributed by atoms with E-state index in [2.05, 4.69) is 65.1 Å². The van der Waals surface area contributed by atoms with Gasteiger partial charge in [0.15, 0.2) is 0 Å². The van der Waals surface area contributed by atoms with Gasteiger partial charge in [0.25, 0.3) is 0 Å². The van der Waals surface area contributed by atoms with Crippen LogP contribution in [0.15, 0.2) is 22.7 Å². The standard InChI is InChI=1S/C15H23BrN2/c1-10(2)18-12(8-11(3)17-4)9-13-14(16)6-5-7-15(13)18/h5-7,10-12,17H,8-9H2,1-4H3. The van der Waals surface area contributed by atoms with E-state index in [1.165, 1.54) is 22.1 Å². The van der Waals surface area contributed by atoms with E-state index in [0.717, 1.165) is 6.42 Å². The van der Waals surface area contributed by atoms with Crippen LogP contribution in [0.1, 0.15) is 32.8 Å². The highest BCUT2D eigenvalue weighted by Gasteiger charge is 2.32. The Bertz CT molecular complexity index is 417. The van der Waals surface area contributed by atoms with Gasteiger partial charge in [-0.2, -0.15) is 0 Å². The summed E-state index contributed by atoms with van der Waals surface area (Å²) in [6.45, 7) is 6.83. The van der Waals surface area contributed by atoms with Crippen LogP contribution >= 0.6 is 15.9 Å². The zero-order valence-electron chi connectivity index (χ0n) is 11.7. The Balaban J connectivity index is 2.28. The van der Waals surface area contributed by atoms with Crippen LogP contribution in [-0.4, -0.2) is 25.2 Å². The highest BCUT2D eigenvalue weighted by Crippen LogP contribution is 2.39. The molecule has 1 aromatic carbocycles. The Morgan fingerprint density at radius 2 is 2.11 bits per heavy atom. The Morgan fingerprint density at radius 1 is 1.39 bits per heavy atom. The van der Waals surface area contributed by atoms with Gasteiger partial charge in [-0.05, 0) is 58.4 Å². The fourth-order valence-corrected chi connectivity index (χ4v) is 3.46. The van der Waals surface area contributed by atoms with Gasteiger partial charge in [-0.3, -0.25) is 0 Å². The van der Waals surface area contributed by atoms with Crippen molar-refractivity contribution < 1.29 is 0 Å². The van der Waals surface area contributed by atoms with Crippen LogP contribution in [0.4, 0.5) is 5.69 Å². The lowest BCUT2D eigenvalue weighted by Gasteiger charge is -2.33. The van der Waals surface area contributed by atoms with Gasteiger partial charge in [-0.15, -0.1) is 0 Å². The summed E-state index contributed by atoms with van der Waals surface area (Å²) >= 11 is 3.69. The first-order valence-electron chi connectivity index (χ1n) is 6.77. The van der Waals surface area contributed by atoms with Crippen molar-refractivity contribution >= 4 is 21.6 Å². The van der Waals surface area contributed by atoms with Gasteiger partial charge in [-0.1, -0.05) is 22.0 Å². The largest absolute Gasteiger partial charge is 0.365 e. The van der Waals surface area contributed by atoms with Gasteiger partial charge in [0.2, 0.25) is 0 Å². The minimum atomic E-state index is 0.551. The fourth-order valence-electron chi connectivity index (χ4n) is 2.94. The number of nitrogens with zero attached hydrogens (tertiary/aromatic N) is 1. The number of anilines is 1. The number of hydrogen-bond acceptors (Lipinski definition) is 2. The van der Waals surface area contributed by atoms with Crippen molar-refractivity contribution in [1.29, 1.82) is 0 Å². The molecule has 1 N–H and O–H groups in total. The Kier molecular flexibility index (Phi) is 4.33. The number of fused-ring (bicyclic) bond motifs is 1. The van der Waals surface area contributed by atoms with Gasteiger partial charge in [-0.25, -0.2) is 0 Å². The van der Waals surface area contributed by atoms with E-state index in [0.29, 0.717) is 18.1 Å². The van der Waals surface area contributed by atoms with E-state index in [9.17, 15) is 0 Å². The van der Waals surface area contributed by atoms with Crippen molar-refractivity contribution in [3.63, 3.8) is 0 Å². The third kappa shape index (κ3) is 2.57. The van der Waals surface area contributed by atoms with Gasteiger partial charge in [0.1, 0.15) is 0 Å². The predicted octanol–water partition coefficient (Wildman–Crippen LogP) is 3.59. The molecule has 1 aromatic rings. The number of hydrogen-bond donors (Lipinski definition) is 1. The molecule has 0 saturated carbocycles. The van der Waals surface area contributed by atoms with Crippen LogP contribution in [0.25, 0.3) is 0 Å². The summed E-state index contributed by atoms with van der Waals surface area (Å²) in [5.41, 5.74) is 2.88. The Labute approximate surface area is 119 Å². The second-order valence-corrected chi connectivity index (χ2v) is 6.38. The molecule has 1 heterocycles. The van der Waals surface area contributed by atoms with Gasteiger partial charge < -0.3 is 10.2 Å². The first-order valence-corrected chi connectivity index (χ1v) is 7.57.